The van der Waals surface area contributed by atoms with Gasteiger partial charge in [-0.1, -0.05) is 6.07 Å². The van der Waals surface area contributed by atoms with Gasteiger partial charge in [0.15, 0.2) is 11.6 Å². The molecule has 1 fully saturated rings. The minimum Gasteiger partial charge on any atom is -0.490 e. The molecular weight excluding hydrogens is 263 g/mol. The van der Waals surface area contributed by atoms with Crippen LogP contribution in [0.3, 0.4) is 0 Å². The number of carbonyl (C=O) groups is 1. The molecule has 110 valence electrons. The van der Waals surface area contributed by atoms with E-state index in [1.807, 2.05) is 6.92 Å². The summed E-state index contributed by atoms with van der Waals surface area (Å²) < 4.78 is 19.0. The lowest BCUT2D eigenvalue weighted by atomic mass is 10.1. The number of rotatable bonds is 4. The van der Waals surface area contributed by atoms with E-state index in [-0.39, 0.29) is 17.6 Å². The predicted octanol–water partition coefficient (Wildman–Crippen LogP) is 1.85. The topological polar surface area (TPSA) is 61.8 Å². The molecule has 1 unspecified atom stereocenters. The second-order valence-corrected chi connectivity index (χ2v) is 4.95. The normalized spacial score (nSPS) is 18.9. The fourth-order valence-electron chi connectivity index (χ4n) is 2.23. The molecule has 5 nitrogen and oxygen atoms in total. The van der Waals surface area contributed by atoms with E-state index in [4.69, 9.17) is 9.84 Å². The average Bonchev–Trinajstić information content (AvgIpc) is 2.41. The smallest absolute Gasteiger partial charge is 0.407 e. The maximum Gasteiger partial charge on any atom is 0.407 e. The van der Waals surface area contributed by atoms with Crippen LogP contribution in [-0.2, 0) is 0 Å². The summed E-state index contributed by atoms with van der Waals surface area (Å²) in [5.41, 5.74) is 0.848. The first-order valence-electron chi connectivity index (χ1n) is 6.66. The van der Waals surface area contributed by atoms with Gasteiger partial charge in [0.05, 0.1) is 6.61 Å². The Labute approximate surface area is 117 Å². The number of halogens is 1. The molecule has 0 spiro atoms. The molecule has 0 aromatic heterocycles. The van der Waals surface area contributed by atoms with Crippen LogP contribution >= 0.6 is 0 Å². The summed E-state index contributed by atoms with van der Waals surface area (Å²) in [7, 11) is 0. The number of benzene rings is 1. The van der Waals surface area contributed by atoms with Gasteiger partial charge in [0, 0.05) is 25.7 Å². The molecule has 1 aromatic rings. The van der Waals surface area contributed by atoms with Crippen molar-refractivity contribution in [3.05, 3.63) is 29.6 Å². The number of ether oxygens (including phenoxy) is 1. The zero-order valence-electron chi connectivity index (χ0n) is 11.4. The van der Waals surface area contributed by atoms with E-state index in [0.29, 0.717) is 32.7 Å². The highest BCUT2D eigenvalue weighted by atomic mass is 19.1. The Morgan fingerprint density at radius 2 is 2.40 bits per heavy atom. The SMILES string of the molecule is Cc1ccc(OCCC2CN(C(=O)O)CCN2)c(F)c1. The summed E-state index contributed by atoms with van der Waals surface area (Å²) in [6.07, 6.45) is -0.265. The number of piperazine rings is 1. The van der Waals surface area contributed by atoms with Gasteiger partial charge in [0.1, 0.15) is 0 Å². The van der Waals surface area contributed by atoms with Crippen molar-refractivity contribution in [2.24, 2.45) is 0 Å². The van der Waals surface area contributed by atoms with Gasteiger partial charge in [0.25, 0.3) is 0 Å². The highest BCUT2D eigenvalue weighted by Gasteiger charge is 2.22. The number of carboxylic acid groups (broad SMARTS) is 1. The van der Waals surface area contributed by atoms with E-state index >= 15 is 0 Å². The van der Waals surface area contributed by atoms with E-state index in [1.54, 1.807) is 12.1 Å². The van der Waals surface area contributed by atoms with Crippen molar-refractivity contribution in [3.63, 3.8) is 0 Å². The first kappa shape index (κ1) is 14.6. The number of hydrogen-bond donors (Lipinski definition) is 2. The molecule has 1 aliphatic heterocycles. The van der Waals surface area contributed by atoms with E-state index in [2.05, 4.69) is 5.32 Å². The number of aryl methyl sites for hydroxylation is 1. The lowest BCUT2D eigenvalue weighted by Gasteiger charge is -2.31. The van der Waals surface area contributed by atoms with Crippen molar-refractivity contribution in [1.82, 2.24) is 10.2 Å². The van der Waals surface area contributed by atoms with Gasteiger partial charge in [0.2, 0.25) is 0 Å². The molecular formula is C14H19FN2O3. The van der Waals surface area contributed by atoms with Crippen molar-refractivity contribution in [2.75, 3.05) is 26.2 Å². The standard InChI is InChI=1S/C14H19FN2O3/c1-10-2-3-13(12(15)8-10)20-7-4-11-9-17(14(18)19)6-5-16-11/h2-3,8,11,16H,4-7,9H2,1H3,(H,18,19). The van der Waals surface area contributed by atoms with Crippen molar-refractivity contribution in [3.8, 4) is 5.75 Å². The molecule has 0 radical (unpaired) electrons. The molecule has 1 aromatic carbocycles. The molecule has 1 atom stereocenters. The maximum atomic E-state index is 13.6. The molecule has 1 amide bonds. The Morgan fingerprint density at radius 1 is 1.60 bits per heavy atom. The van der Waals surface area contributed by atoms with Gasteiger partial charge < -0.3 is 20.1 Å². The zero-order valence-corrected chi connectivity index (χ0v) is 11.4. The summed E-state index contributed by atoms with van der Waals surface area (Å²) >= 11 is 0. The highest BCUT2D eigenvalue weighted by Crippen LogP contribution is 2.18. The third kappa shape index (κ3) is 3.84. The molecule has 1 aliphatic rings. The summed E-state index contributed by atoms with van der Waals surface area (Å²) in [6, 6.07) is 4.89. The third-order valence-electron chi connectivity index (χ3n) is 3.34. The second-order valence-electron chi connectivity index (χ2n) is 4.95. The molecule has 0 saturated carbocycles. The quantitative estimate of drug-likeness (QED) is 0.885. The molecule has 20 heavy (non-hydrogen) atoms. The molecule has 1 saturated heterocycles. The monoisotopic (exact) mass is 282 g/mol. The summed E-state index contributed by atoms with van der Waals surface area (Å²) in [6.45, 7) is 3.74. The predicted molar refractivity (Wildman–Crippen MR) is 72.6 cm³/mol. The van der Waals surface area contributed by atoms with E-state index in [1.165, 1.54) is 11.0 Å². The van der Waals surface area contributed by atoms with Gasteiger partial charge >= 0.3 is 6.09 Å². The minimum atomic E-state index is -0.901. The van der Waals surface area contributed by atoms with Gasteiger partial charge in [-0.15, -0.1) is 0 Å². The lowest BCUT2D eigenvalue weighted by molar-refractivity contribution is 0.124. The number of nitrogens with one attached hydrogen (secondary N) is 1. The van der Waals surface area contributed by atoms with E-state index < -0.39 is 6.09 Å². The van der Waals surface area contributed by atoms with Crippen LogP contribution in [0, 0.1) is 12.7 Å². The van der Waals surface area contributed by atoms with Gasteiger partial charge in [-0.2, -0.15) is 0 Å². The van der Waals surface area contributed by atoms with Gasteiger partial charge in [-0.3, -0.25) is 0 Å². The van der Waals surface area contributed by atoms with Crippen molar-refractivity contribution >= 4 is 6.09 Å². The summed E-state index contributed by atoms with van der Waals surface area (Å²) in [4.78, 5) is 12.3. The fraction of sp³-hybridized carbons (Fsp3) is 0.500. The van der Waals surface area contributed by atoms with Crippen LogP contribution in [0.5, 0.6) is 5.75 Å². The van der Waals surface area contributed by atoms with Crippen molar-refractivity contribution in [1.29, 1.82) is 0 Å². The highest BCUT2D eigenvalue weighted by molar-refractivity contribution is 5.65. The Hall–Kier alpha value is -1.82. The van der Waals surface area contributed by atoms with Gasteiger partial charge in [-0.25, -0.2) is 9.18 Å². The molecule has 2 N–H and O–H groups in total. The molecule has 0 bridgehead atoms. The zero-order chi connectivity index (χ0) is 14.5. The first-order chi connectivity index (χ1) is 9.56. The van der Waals surface area contributed by atoms with Crippen LogP contribution in [0.25, 0.3) is 0 Å². The molecule has 2 rings (SSSR count). The van der Waals surface area contributed by atoms with Crippen LogP contribution in [0.15, 0.2) is 18.2 Å². The minimum absolute atomic E-state index is 0.0494. The summed E-state index contributed by atoms with van der Waals surface area (Å²) in [5.74, 6) is -0.129. The van der Waals surface area contributed by atoms with Crippen LogP contribution in [-0.4, -0.2) is 48.4 Å². The number of hydrogen-bond acceptors (Lipinski definition) is 3. The molecule has 0 aliphatic carbocycles. The fourth-order valence-corrected chi connectivity index (χ4v) is 2.23. The lowest BCUT2D eigenvalue weighted by Crippen LogP contribution is -2.52. The van der Waals surface area contributed by atoms with Gasteiger partial charge in [-0.05, 0) is 31.0 Å². The van der Waals surface area contributed by atoms with Crippen LogP contribution in [0.1, 0.15) is 12.0 Å². The first-order valence-corrected chi connectivity index (χ1v) is 6.66. The van der Waals surface area contributed by atoms with E-state index in [9.17, 15) is 9.18 Å². The Morgan fingerprint density at radius 3 is 3.10 bits per heavy atom. The summed E-state index contributed by atoms with van der Waals surface area (Å²) in [5, 5.41) is 12.2. The number of amides is 1. The molecule has 1 heterocycles. The maximum absolute atomic E-state index is 13.6. The Balaban J connectivity index is 1.79. The third-order valence-corrected chi connectivity index (χ3v) is 3.34. The van der Waals surface area contributed by atoms with Crippen LogP contribution in [0.2, 0.25) is 0 Å². The van der Waals surface area contributed by atoms with Crippen LogP contribution in [0.4, 0.5) is 9.18 Å². The Bertz CT molecular complexity index is 481. The van der Waals surface area contributed by atoms with E-state index in [0.717, 1.165) is 5.56 Å². The second kappa shape index (κ2) is 6.56. The average molecular weight is 282 g/mol. The number of nitrogens with zero attached hydrogens (tertiary/aromatic N) is 1. The van der Waals surface area contributed by atoms with Crippen molar-refractivity contribution in [2.45, 2.75) is 19.4 Å². The molecule has 6 heteroatoms. The van der Waals surface area contributed by atoms with Crippen LogP contribution < -0.4 is 10.1 Å². The largest absolute Gasteiger partial charge is 0.490 e. The van der Waals surface area contributed by atoms with Crippen molar-refractivity contribution < 1.29 is 19.0 Å². The Kier molecular flexibility index (Phi) is 4.79.